The molecule has 2 heterocycles. The number of nitrogens with one attached hydrogen (secondary N) is 1. The molecule has 1 amide bonds. The summed E-state index contributed by atoms with van der Waals surface area (Å²) in [5.41, 5.74) is 3.57. The van der Waals surface area contributed by atoms with Crippen molar-refractivity contribution >= 4 is 17.3 Å². The number of benzene rings is 2. The van der Waals surface area contributed by atoms with Gasteiger partial charge in [-0.2, -0.15) is 5.10 Å². The lowest BCUT2D eigenvalue weighted by molar-refractivity contribution is -0.115. The number of rotatable bonds is 5. The first-order valence-corrected chi connectivity index (χ1v) is 8.57. The van der Waals surface area contributed by atoms with Crippen molar-refractivity contribution in [2.45, 2.75) is 19.0 Å². The Morgan fingerprint density at radius 2 is 1.81 bits per heavy atom. The van der Waals surface area contributed by atoms with Gasteiger partial charge in [0, 0.05) is 18.5 Å². The maximum absolute atomic E-state index is 12.6. The first-order valence-electron chi connectivity index (χ1n) is 8.57. The summed E-state index contributed by atoms with van der Waals surface area (Å²) in [5, 5.41) is 9.48. The summed E-state index contributed by atoms with van der Waals surface area (Å²) in [4.78, 5) is 12.6. The van der Waals surface area contributed by atoms with Gasteiger partial charge in [-0.15, -0.1) is 0 Å². The average molecular weight is 345 g/mol. The Morgan fingerprint density at radius 3 is 2.50 bits per heavy atom. The fraction of sp³-hybridized carbons (Fsp3) is 0.143. The molecular formula is C21H19N3O2. The summed E-state index contributed by atoms with van der Waals surface area (Å²) in [5.74, 6) is -0.148. The Labute approximate surface area is 151 Å². The van der Waals surface area contributed by atoms with Crippen LogP contribution in [-0.4, -0.2) is 11.6 Å². The van der Waals surface area contributed by atoms with E-state index in [0.717, 1.165) is 16.8 Å². The number of amides is 1. The SMILES string of the molecule is O=C(NCc1ccoc1)C1=NN(c2ccccc2)[C@H](c2ccccc2)C1. The maximum atomic E-state index is 12.6. The zero-order valence-corrected chi connectivity index (χ0v) is 14.2. The highest BCUT2D eigenvalue weighted by Crippen LogP contribution is 2.34. The molecule has 0 spiro atoms. The lowest BCUT2D eigenvalue weighted by atomic mass is 10.0. The second-order valence-corrected chi connectivity index (χ2v) is 6.17. The van der Waals surface area contributed by atoms with E-state index in [0.29, 0.717) is 18.7 Å². The molecule has 0 aliphatic carbocycles. The molecule has 5 nitrogen and oxygen atoms in total. The molecule has 5 heteroatoms. The number of hydrazone groups is 1. The Morgan fingerprint density at radius 1 is 1.08 bits per heavy atom. The normalized spacial score (nSPS) is 16.4. The standard InChI is InChI=1S/C21H19N3O2/c25-21(22-14-16-11-12-26-15-16)19-13-20(17-7-3-1-4-8-17)24(23-19)18-9-5-2-6-10-18/h1-12,15,20H,13-14H2,(H,22,25)/t20-/m0/s1. The van der Waals surface area contributed by atoms with E-state index in [1.165, 1.54) is 0 Å². The van der Waals surface area contributed by atoms with Gasteiger partial charge in [0.15, 0.2) is 0 Å². The van der Waals surface area contributed by atoms with Crippen LogP contribution in [0.2, 0.25) is 0 Å². The highest BCUT2D eigenvalue weighted by molar-refractivity contribution is 6.39. The number of furan rings is 1. The van der Waals surface area contributed by atoms with Gasteiger partial charge >= 0.3 is 0 Å². The highest BCUT2D eigenvalue weighted by atomic mass is 16.3. The number of para-hydroxylation sites is 1. The van der Waals surface area contributed by atoms with Crippen molar-refractivity contribution in [1.82, 2.24) is 5.32 Å². The number of anilines is 1. The van der Waals surface area contributed by atoms with E-state index in [9.17, 15) is 4.79 Å². The summed E-state index contributed by atoms with van der Waals surface area (Å²) in [6.45, 7) is 0.426. The molecule has 130 valence electrons. The minimum absolute atomic E-state index is 0.00766. The van der Waals surface area contributed by atoms with Crippen molar-refractivity contribution in [1.29, 1.82) is 0 Å². The van der Waals surface area contributed by atoms with E-state index in [1.54, 1.807) is 12.5 Å². The predicted molar refractivity (Wildman–Crippen MR) is 101 cm³/mol. The smallest absolute Gasteiger partial charge is 0.267 e. The summed E-state index contributed by atoms with van der Waals surface area (Å²) >= 11 is 0. The molecule has 0 unspecified atom stereocenters. The fourth-order valence-corrected chi connectivity index (χ4v) is 3.08. The third-order valence-electron chi connectivity index (χ3n) is 4.41. The molecule has 1 N–H and O–H groups in total. The predicted octanol–water partition coefficient (Wildman–Crippen LogP) is 3.90. The molecule has 0 fully saturated rings. The van der Waals surface area contributed by atoms with Crippen LogP contribution in [0.15, 0.2) is 88.8 Å². The van der Waals surface area contributed by atoms with Crippen molar-refractivity contribution in [2.24, 2.45) is 5.10 Å². The second-order valence-electron chi connectivity index (χ2n) is 6.17. The zero-order chi connectivity index (χ0) is 17.8. The van der Waals surface area contributed by atoms with Gasteiger partial charge in [-0.05, 0) is 23.8 Å². The zero-order valence-electron chi connectivity index (χ0n) is 14.2. The molecule has 1 atom stereocenters. The van der Waals surface area contributed by atoms with Crippen LogP contribution in [0.5, 0.6) is 0 Å². The van der Waals surface area contributed by atoms with Gasteiger partial charge in [-0.3, -0.25) is 9.80 Å². The van der Waals surface area contributed by atoms with Crippen molar-refractivity contribution < 1.29 is 9.21 Å². The quantitative estimate of drug-likeness (QED) is 0.763. The highest BCUT2D eigenvalue weighted by Gasteiger charge is 2.32. The third kappa shape index (κ3) is 3.37. The average Bonchev–Trinajstić information content (AvgIpc) is 3.37. The Hall–Kier alpha value is -3.34. The molecule has 4 rings (SSSR count). The minimum atomic E-state index is -0.148. The molecule has 3 aromatic rings. The number of carbonyl (C=O) groups excluding carboxylic acids is 1. The fourth-order valence-electron chi connectivity index (χ4n) is 3.08. The van der Waals surface area contributed by atoms with E-state index in [-0.39, 0.29) is 11.9 Å². The minimum Gasteiger partial charge on any atom is -0.472 e. The van der Waals surface area contributed by atoms with Crippen LogP contribution < -0.4 is 10.3 Å². The third-order valence-corrected chi connectivity index (χ3v) is 4.41. The van der Waals surface area contributed by atoms with Crippen LogP contribution >= 0.6 is 0 Å². The number of carbonyl (C=O) groups is 1. The van der Waals surface area contributed by atoms with Crippen molar-refractivity contribution in [3.63, 3.8) is 0 Å². The van der Waals surface area contributed by atoms with Crippen LogP contribution in [0.1, 0.15) is 23.6 Å². The Bertz CT molecular complexity index is 890. The van der Waals surface area contributed by atoms with Gasteiger partial charge in [0.1, 0.15) is 5.71 Å². The van der Waals surface area contributed by atoms with E-state index in [4.69, 9.17) is 4.42 Å². The molecule has 2 aromatic carbocycles. The molecule has 0 saturated heterocycles. The molecule has 0 bridgehead atoms. The summed E-state index contributed by atoms with van der Waals surface area (Å²) < 4.78 is 5.03. The number of hydrogen-bond donors (Lipinski definition) is 1. The van der Waals surface area contributed by atoms with Crippen LogP contribution in [0.3, 0.4) is 0 Å². The van der Waals surface area contributed by atoms with E-state index in [2.05, 4.69) is 22.6 Å². The molecule has 1 aromatic heterocycles. The summed E-state index contributed by atoms with van der Waals surface area (Å²) in [6, 6.07) is 21.9. The number of nitrogens with zero attached hydrogens (tertiary/aromatic N) is 2. The molecule has 26 heavy (non-hydrogen) atoms. The van der Waals surface area contributed by atoms with Crippen LogP contribution in [0.4, 0.5) is 5.69 Å². The van der Waals surface area contributed by atoms with Gasteiger partial charge in [-0.1, -0.05) is 48.5 Å². The van der Waals surface area contributed by atoms with Crippen molar-refractivity contribution in [3.05, 3.63) is 90.4 Å². The lowest BCUT2D eigenvalue weighted by Gasteiger charge is -2.23. The van der Waals surface area contributed by atoms with Gasteiger partial charge in [0.05, 0.1) is 24.3 Å². The Balaban J connectivity index is 1.56. The largest absolute Gasteiger partial charge is 0.472 e. The van der Waals surface area contributed by atoms with Crippen molar-refractivity contribution in [3.8, 4) is 0 Å². The van der Waals surface area contributed by atoms with E-state index >= 15 is 0 Å². The van der Waals surface area contributed by atoms with Crippen LogP contribution in [0.25, 0.3) is 0 Å². The monoisotopic (exact) mass is 345 g/mol. The van der Waals surface area contributed by atoms with Crippen molar-refractivity contribution in [2.75, 3.05) is 5.01 Å². The first kappa shape index (κ1) is 16.1. The van der Waals surface area contributed by atoms with Gasteiger partial charge < -0.3 is 9.73 Å². The van der Waals surface area contributed by atoms with Gasteiger partial charge in [0.25, 0.3) is 5.91 Å². The summed E-state index contributed by atoms with van der Waals surface area (Å²) in [7, 11) is 0. The molecular weight excluding hydrogens is 326 g/mol. The maximum Gasteiger partial charge on any atom is 0.267 e. The molecule has 0 radical (unpaired) electrons. The molecule has 0 saturated carbocycles. The second kappa shape index (κ2) is 7.27. The summed E-state index contributed by atoms with van der Waals surface area (Å²) in [6.07, 6.45) is 3.78. The topological polar surface area (TPSA) is 57.8 Å². The first-order chi connectivity index (χ1) is 12.8. The van der Waals surface area contributed by atoms with Gasteiger partial charge in [0.2, 0.25) is 0 Å². The Kier molecular flexibility index (Phi) is 4.51. The van der Waals surface area contributed by atoms with E-state index < -0.39 is 0 Å². The van der Waals surface area contributed by atoms with Gasteiger partial charge in [-0.25, -0.2) is 0 Å². The van der Waals surface area contributed by atoms with Crippen LogP contribution in [-0.2, 0) is 11.3 Å². The van der Waals surface area contributed by atoms with Crippen LogP contribution in [0, 0.1) is 0 Å². The number of hydrogen-bond acceptors (Lipinski definition) is 4. The van der Waals surface area contributed by atoms with E-state index in [1.807, 2.05) is 59.6 Å². The molecule has 1 aliphatic rings. The lowest BCUT2D eigenvalue weighted by Crippen LogP contribution is -2.29. The molecule has 1 aliphatic heterocycles.